The topological polar surface area (TPSA) is 21.3 Å². The number of hydrogen-bond donors (Lipinski definition) is 0. The summed E-state index contributed by atoms with van der Waals surface area (Å²) < 4.78 is 14.6. The number of anilines is 2. The normalized spacial score (nSPS) is 13.9. The molecule has 0 fully saturated rings. The van der Waals surface area contributed by atoms with E-state index in [1.807, 2.05) is 22.7 Å². The van der Waals surface area contributed by atoms with Gasteiger partial charge in [-0.3, -0.25) is 0 Å². The molecule has 0 bridgehead atoms. The fraction of sp³-hybridized carbons (Fsp3) is 0.158. The van der Waals surface area contributed by atoms with Gasteiger partial charge in [0.05, 0.1) is 11.0 Å². The Kier molecular flexibility index (Phi) is 6.90. The van der Waals surface area contributed by atoms with Crippen LogP contribution in [0.25, 0.3) is 101 Å². The van der Waals surface area contributed by atoms with E-state index in [0.29, 0.717) is 0 Å². The largest absolute Gasteiger partial charge is 0.456 e. The number of benzene rings is 8. The molecular weight excluding hydrogens is 804 g/mol. The maximum absolute atomic E-state index is 6.61. The van der Waals surface area contributed by atoms with Crippen LogP contribution in [0.5, 0.6) is 0 Å². The van der Waals surface area contributed by atoms with Crippen molar-refractivity contribution in [2.75, 3.05) is 4.81 Å². The summed E-state index contributed by atoms with van der Waals surface area (Å²) in [6.07, 6.45) is 0. The predicted octanol–water partition coefficient (Wildman–Crippen LogP) is 15.6. The van der Waals surface area contributed by atoms with Gasteiger partial charge >= 0.3 is 6.85 Å². The van der Waals surface area contributed by atoms with Gasteiger partial charge in [-0.2, -0.15) is 0 Å². The summed E-state index contributed by atoms with van der Waals surface area (Å²) in [6, 6.07) is 51.4. The molecule has 14 rings (SSSR count). The molecule has 2 aliphatic heterocycles. The Balaban J connectivity index is 1.16. The highest BCUT2D eigenvalue weighted by Gasteiger charge is 2.45. The molecule has 0 aliphatic carbocycles. The number of aryl methyl sites for hydroxylation is 1. The van der Waals surface area contributed by atoms with E-state index in [0.717, 1.165) is 21.9 Å². The van der Waals surface area contributed by atoms with Gasteiger partial charge in [-0.1, -0.05) is 114 Å². The Bertz CT molecular complexity index is 4010. The summed E-state index contributed by atoms with van der Waals surface area (Å²) in [4.78, 5) is 2.70. The molecule has 0 saturated heterocycles. The molecule has 0 unspecified atom stereocenters. The summed E-state index contributed by atoms with van der Waals surface area (Å²) in [5.41, 5.74) is 17.6. The summed E-state index contributed by atoms with van der Waals surface area (Å²) >= 11 is 3.84. The lowest BCUT2D eigenvalue weighted by Gasteiger charge is -2.42. The van der Waals surface area contributed by atoms with Crippen molar-refractivity contribution in [3.63, 3.8) is 0 Å². The van der Waals surface area contributed by atoms with Crippen LogP contribution in [-0.4, -0.2) is 11.4 Å². The zero-order valence-electron chi connectivity index (χ0n) is 36.4. The van der Waals surface area contributed by atoms with E-state index in [-0.39, 0.29) is 17.7 Å². The van der Waals surface area contributed by atoms with Crippen LogP contribution < -0.4 is 15.7 Å². The number of nitrogens with zero attached hydrogens (tertiary/aromatic N) is 2. The van der Waals surface area contributed by atoms with E-state index in [1.54, 1.807) is 0 Å². The zero-order valence-corrected chi connectivity index (χ0v) is 38.0. The Labute approximate surface area is 373 Å². The van der Waals surface area contributed by atoms with E-state index in [9.17, 15) is 0 Å². The van der Waals surface area contributed by atoms with Crippen LogP contribution in [0.1, 0.15) is 58.2 Å². The number of fused-ring (bicyclic) bond motifs is 17. The number of aromatic nitrogens is 1. The summed E-state index contributed by atoms with van der Waals surface area (Å²) in [7, 11) is 0. The maximum Gasteiger partial charge on any atom is 0.333 e. The summed E-state index contributed by atoms with van der Waals surface area (Å²) in [5, 5.41) is 10.2. The van der Waals surface area contributed by atoms with Gasteiger partial charge in [-0.25, -0.2) is 0 Å². The number of hydrogen-bond acceptors (Lipinski definition) is 4. The van der Waals surface area contributed by atoms with Gasteiger partial charge in [-0.15, -0.1) is 22.7 Å². The summed E-state index contributed by atoms with van der Waals surface area (Å²) in [5.74, 6) is 0. The minimum Gasteiger partial charge on any atom is -0.456 e. The second kappa shape index (κ2) is 12.0. The lowest BCUT2D eigenvalue weighted by atomic mass is 9.43. The van der Waals surface area contributed by atoms with Crippen molar-refractivity contribution < 1.29 is 4.42 Å². The highest BCUT2D eigenvalue weighted by atomic mass is 32.1. The van der Waals surface area contributed by atoms with Crippen molar-refractivity contribution in [2.45, 2.75) is 59.3 Å². The quantitative estimate of drug-likeness (QED) is 0.154. The molecule has 0 saturated carbocycles. The molecule has 0 atom stereocenters. The first-order valence-corrected chi connectivity index (χ1v) is 23.8. The molecule has 4 aromatic heterocycles. The van der Waals surface area contributed by atoms with Crippen molar-refractivity contribution in [3.05, 3.63) is 150 Å². The summed E-state index contributed by atoms with van der Waals surface area (Å²) in [6.45, 7) is 16.1. The van der Waals surface area contributed by atoms with Gasteiger partial charge in [0.15, 0.2) is 0 Å². The SMILES string of the molecule is Cc1cc2c3c4c1c1cc5oc6ccccc6c5cc1n4-c1cc4sc5ccccc5c4cc1B3N(c1ccc(C(C)(C)C)cc1)c1cc3sc4cc(C(C)(C)C)ccc4c3cc1-2. The predicted molar refractivity (Wildman–Crippen MR) is 275 cm³/mol. The Morgan fingerprint density at radius 2 is 1.17 bits per heavy atom. The van der Waals surface area contributed by atoms with Gasteiger partial charge in [-0.05, 0) is 112 Å². The standard InChI is InChI=1S/C57H43BN2OS2/c1-30-22-41-37-24-39-36-21-18-32(57(5,6)7)23-50(36)63-51(39)28-45(37)60(33-19-16-31(17-20-33)56(2,3)4)58-43-25-40-35-13-9-11-15-49(35)62-52(40)29-46(43)59-44-26-38-34-12-8-10-14-47(34)61-48(38)27-42(44)53(30)55(59)54(41)58/h8-29H,1-7H3. The minimum absolute atomic E-state index is 0.0400. The fourth-order valence-corrected chi connectivity index (χ4v) is 13.5. The molecule has 6 heteroatoms. The van der Waals surface area contributed by atoms with Crippen molar-refractivity contribution >= 4 is 136 Å². The highest BCUT2D eigenvalue weighted by Crippen LogP contribution is 2.51. The lowest BCUT2D eigenvalue weighted by molar-refractivity contribution is 0.590. The molecule has 6 heterocycles. The van der Waals surface area contributed by atoms with Crippen LogP contribution in [0.3, 0.4) is 0 Å². The average molecular weight is 847 g/mol. The van der Waals surface area contributed by atoms with Crippen LogP contribution in [0, 0.1) is 6.92 Å². The van der Waals surface area contributed by atoms with E-state index in [4.69, 9.17) is 4.42 Å². The average Bonchev–Trinajstić information content (AvgIpc) is 4.02. The minimum atomic E-state index is -0.0749. The fourth-order valence-electron chi connectivity index (χ4n) is 11.3. The Morgan fingerprint density at radius 3 is 1.97 bits per heavy atom. The second-order valence-electron chi connectivity index (χ2n) is 20.2. The molecule has 0 radical (unpaired) electrons. The van der Waals surface area contributed by atoms with Crippen molar-refractivity contribution in [1.82, 2.24) is 4.57 Å². The molecule has 12 aromatic rings. The third kappa shape index (κ3) is 4.80. The van der Waals surface area contributed by atoms with Gasteiger partial charge < -0.3 is 13.8 Å². The molecule has 63 heavy (non-hydrogen) atoms. The first kappa shape index (κ1) is 36.2. The molecule has 0 N–H and O–H groups in total. The van der Waals surface area contributed by atoms with Gasteiger partial charge in [0, 0.05) is 84.5 Å². The maximum atomic E-state index is 6.61. The first-order chi connectivity index (χ1) is 30.4. The second-order valence-corrected chi connectivity index (χ2v) is 22.3. The third-order valence-electron chi connectivity index (χ3n) is 14.4. The number of furan rings is 1. The van der Waals surface area contributed by atoms with Crippen LogP contribution in [0.4, 0.5) is 11.4 Å². The highest BCUT2D eigenvalue weighted by molar-refractivity contribution is 7.26. The van der Waals surface area contributed by atoms with Crippen LogP contribution >= 0.6 is 22.7 Å². The van der Waals surface area contributed by atoms with Gasteiger partial charge in [0.2, 0.25) is 0 Å². The monoisotopic (exact) mass is 846 g/mol. The molecule has 0 amide bonds. The lowest BCUT2D eigenvalue weighted by Crippen LogP contribution is -2.60. The van der Waals surface area contributed by atoms with E-state index in [2.05, 4.69) is 191 Å². The zero-order chi connectivity index (χ0) is 42.4. The van der Waals surface area contributed by atoms with Crippen molar-refractivity contribution in [2.24, 2.45) is 0 Å². The molecule has 3 nitrogen and oxygen atoms in total. The van der Waals surface area contributed by atoms with E-state index in [1.165, 1.54) is 118 Å². The number of para-hydroxylation sites is 1. The van der Waals surface area contributed by atoms with E-state index < -0.39 is 0 Å². The number of rotatable bonds is 1. The van der Waals surface area contributed by atoms with Gasteiger partial charge in [0.25, 0.3) is 0 Å². The smallest absolute Gasteiger partial charge is 0.333 e. The molecule has 302 valence electrons. The Hall–Kier alpha value is -6.34. The third-order valence-corrected chi connectivity index (χ3v) is 16.6. The van der Waals surface area contributed by atoms with Crippen molar-refractivity contribution in [3.8, 4) is 16.8 Å². The van der Waals surface area contributed by atoms with Crippen LogP contribution in [0.15, 0.2) is 138 Å². The van der Waals surface area contributed by atoms with Gasteiger partial charge in [0.1, 0.15) is 11.2 Å². The molecular formula is C57H43BN2OS2. The number of thiophene rings is 2. The van der Waals surface area contributed by atoms with Crippen LogP contribution in [-0.2, 0) is 10.8 Å². The molecule has 8 aromatic carbocycles. The molecule has 0 spiro atoms. The van der Waals surface area contributed by atoms with Crippen molar-refractivity contribution in [1.29, 1.82) is 0 Å². The molecule has 2 aliphatic rings. The van der Waals surface area contributed by atoms with E-state index >= 15 is 0 Å². The van der Waals surface area contributed by atoms with Crippen LogP contribution in [0.2, 0.25) is 0 Å². The first-order valence-electron chi connectivity index (χ1n) is 22.2. The Morgan fingerprint density at radius 1 is 0.508 bits per heavy atom.